The van der Waals surface area contributed by atoms with Gasteiger partial charge in [-0.3, -0.25) is 0 Å². The summed E-state index contributed by atoms with van der Waals surface area (Å²) in [4.78, 5) is 0. The Labute approximate surface area is 115 Å². The number of rotatable bonds is 4. The molecule has 0 heterocycles. The summed E-state index contributed by atoms with van der Waals surface area (Å²) in [6.45, 7) is 0.158. The first-order valence-corrected chi connectivity index (χ1v) is 5.97. The molecule has 0 spiro atoms. The molecular weight excluding hydrogens is 269 g/mol. The molecule has 6 heteroatoms. The van der Waals surface area contributed by atoms with Crippen LogP contribution in [-0.2, 0) is 6.61 Å². The normalized spacial score (nSPS) is 10.3. The number of ether oxygens (including phenoxy) is 1. The van der Waals surface area contributed by atoms with E-state index in [2.05, 4.69) is 0 Å². The third-order valence-electron chi connectivity index (χ3n) is 2.59. The van der Waals surface area contributed by atoms with Gasteiger partial charge in [0.05, 0.1) is 0 Å². The fraction of sp³-hybridized carbons (Fsp3) is 0.0769. The molecule has 0 amide bonds. The number of hydrogen-bond acceptors (Lipinski definition) is 3. The van der Waals surface area contributed by atoms with Crippen molar-refractivity contribution in [3.05, 3.63) is 58.9 Å². The molecule has 2 aromatic carbocycles. The zero-order valence-corrected chi connectivity index (χ0v) is 10.6. The van der Waals surface area contributed by atoms with Crippen LogP contribution < -0.4 is 10.2 Å². The zero-order chi connectivity index (χ0) is 13.8. The largest absolute Gasteiger partial charge is 0.492 e. The van der Waals surface area contributed by atoms with Crippen LogP contribution in [0.3, 0.4) is 0 Å². The molecule has 0 saturated heterocycles. The summed E-state index contributed by atoms with van der Waals surface area (Å²) in [7, 11) is -1.79. The first-order chi connectivity index (χ1) is 9.08. The molecule has 0 aliphatic rings. The predicted molar refractivity (Wildman–Crippen MR) is 72.0 cm³/mol. The maximum Gasteiger partial charge on any atom is 0.492 e. The molecule has 2 aromatic rings. The summed E-state index contributed by atoms with van der Waals surface area (Å²) in [6.07, 6.45) is 0. The van der Waals surface area contributed by atoms with Crippen molar-refractivity contribution in [1.82, 2.24) is 0 Å². The third-order valence-corrected chi connectivity index (χ3v) is 2.96. The number of hydrogen-bond donors (Lipinski definition) is 2. The van der Waals surface area contributed by atoms with Crippen LogP contribution in [0.1, 0.15) is 5.56 Å². The lowest BCUT2D eigenvalue weighted by atomic mass is 9.79. The first-order valence-electron chi connectivity index (χ1n) is 5.59. The van der Waals surface area contributed by atoms with Crippen LogP contribution in [0.25, 0.3) is 0 Å². The van der Waals surface area contributed by atoms with Crippen molar-refractivity contribution in [1.29, 1.82) is 0 Å². The van der Waals surface area contributed by atoms with Crippen molar-refractivity contribution in [3.8, 4) is 5.75 Å². The highest BCUT2D eigenvalue weighted by atomic mass is 35.5. The third kappa shape index (κ3) is 3.47. The van der Waals surface area contributed by atoms with Crippen LogP contribution in [-0.4, -0.2) is 17.2 Å². The average Bonchev–Trinajstić information content (AvgIpc) is 2.38. The fourth-order valence-electron chi connectivity index (χ4n) is 1.62. The van der Waals surface area contributed by atoms with Crippen molar-refractivity contribution in [2.45, 2.75) is 6.61 Å². The standard InChI is InChI=1S/C13H11BClFO3/c15-12-4-2-1-3-9(12)8-19-13-6-5-10(16)7-11(13)14(17)18/h1-7,17-18H,8H2. The van der Waals surface area contributed by atoms with Crippen LogP contribution in [0, 0.1) is 5.82 Å². The molecule has 0 saturated carbocycles. The van der Waals surface area contributed by atoms with E-state index in [0.29, 0.717) is 5.02 Å². The van der Waals surface area contributed by atoms with Gasteiger partial charge in [0.15, 0.2) is 0 Å². The van der Waals surface area contributed by atoms with Gasteiger partial charge in [0.2, 0.25) is 0 Å². The summed E-state index contributed by atoms with van der Waals surface area (Å²) in [5.41, 5.74) is 0.735. The smallest absolute Gasteiger partial charge is 0.489 e. The monoisotopic (exact) mass is 280 g/mol. The molecule has 98 valence electrons. The quantitative estimate of drug-likeness (QED) is 0.839. The second kappa shape index (κ2) is 6.06. The van der Waals surface area contributed by atoms with Gasteiger partial charge in [0, 0.05) is 16.0 Å². The predicted octanol–water partition coefficient (Wildman–Crippen LogP) is 1.74. The Bertz CT molecular complexity index is 578. The lowest BCUT2D eigenvalue weighted by molar-refractivity contribution is 0.306. The summed E-state index contributed by atoms with van der Waals surface area (Å²) < 4.78 is 18.5. The van der Waals surface area contributed by atoms with Crippen LogP contribution >= 0.6 is 11.6 Å². The first kappa shape index (κ1) is 13.9. The molecule has 0 fully saturated rings. The Hall–Kier alpha value is -1.56. The van der Waals surface area contributed by atoms with Crippen molar-refractivity contribution in [2.24, 2.45) is 0 Å². The lowest BCUT2D eigenvalue weighted by Gasteiger charge is -2.12. The maximum atomic E-state index is 13.0. The molecule has 2 N–H and O–H groups in total. The zero-order valence-electron chi connectivity index (χ0n) is 9.88. The van der Waals surface area contributed by atoms with Gasteiger partial charge in [-0.05, 0) is 24.3 Å². The molecule has 3 nitrogen and oxygen atoms in total. The van der Waals surface area contributed by atoms with E-state index in [1.54, 1.807) is 18.2 Å². The van der Waals surface area contributed by atoms with Gasteiger partial charge in [-0.25, -0.2) is 4.39 Å². The second-order valence-electron chi connectivity index (χ2n) is 3.94. The fourth-order valence-corrected chi connectivity index (χ4v) is 1.81. The topological polar surface area (TPSA) is 49.7 Å². The van der Waals surface area contributed by atoms with Crippen molar-refractivity contribution in [2.75, 3.05) is 0 Å². The van der Waals surface area contributed by atoms with E-state index in [-0.39, 0.29) is 17.8 Å². The highest BCUT2D eigenvalue weighted by molar-refractivity contribution is 6.59. The molecule has 0 bridgehead atoms. The van der Waals surface area contributed by atoms with Crippen molar-refractivity contribution < 1.29 is 19.2 Å². The van der Waals surface area contributed by atoms with E-state index in [1.807, 2.05) is 6.07 Å². The molecule has 0 aliphatic heterocycles. The summed E-state index contributed by atoms with van der Waals surface area (Å²) in [5.74, 6) is -0.357. The van der Waals surface area contributed by atoms with Crippen LogP contribution in [0.15, 0.2) is 42.5 Å². The Morgan fingerprint density at radius 1 is 1.16 bits per heavy atom. The molecule has 0 aromatic heterocycles. The van der Waals surface area contributed by atoms with Gasteiger partial charge in [-0.1, -0.05) is 29.8 Å². The minimum absolute atomic E-state index is 0.0212. The lowest BCUT2D eigenvalue weighted by Crippen LogP contribution is -2.31. The molecule has 19 heavy (non-hydrogen) atoms. The van der Waals surface area contributed by atoms with E-state index >= 15 is 0 Å². The van der Waals surface area contributed by atoms with Gasteiger partial charge in [0.25, 0.3) is 0 Å². The van der Waals surface area contributed by atoms with Crippen molar-refractivity contribution >= 4 is 24.2 Å². The van der Waals surface area contributed by atoms with Gasteiger partial charge < -0.3 is 14.8 Å². The molecule has 2 rings (SSSR count). The van der Waals surface area contributed by atoms with Gasteiger partial charge >= 0.3 is 7.12 Å². The highest BCUT2D eigenvalue weighted by Crippen LogP contribution is 2.18. The van der Waals surface area contributed by atoms with Crippen LogP contribution in [0.2, 0.25) is 5.02 Å². The Morgan fingerprint density at radius 3 is 2.58 bits per heavy atom. The summed E-state index contributed by atoms with van der Waals surface area (Å²) in [5, 5.41) is 18.9. The summed E-state index contributed by atoms with van der Waals surface area (Å²) >= 11 is 5.98. The number of benzene rings is 2. The van der Waals surface area contributed by atoms with Crippen LogP contribution in [0.5, 0.6) is 5.75 Å². The van der Waals surface area contributed by atoms with Gasteiger partial charge in [0.1, 0.15) is 18.2 Å². The highest BCUT2D eigenvalue weighted by Gasteiger charge is 2.18. The number of halogens is 2. The van der Waals surface area contributed by atoms with E-state index in [1.165, 1.54) is 12.1 Å². The minimum Gasteiger partial charge on any atom is -0.489 e. The van der Waals surface area contributed by atoms with E-state index in [9.17, 15) is 4.39 Å². The molecule has 0 unspecified atom stereocenters. The minimum atomic E-state index is -1.79. The molecule has 0 radical (unpaired) electrons. The van der Waals surface area contributed by atoms with Gasteiger partial charge in [-0.2, -0.15) is 0 Å². The molecule has 0 atom stereocenters. The maximum absolute atomic E-state index is 13.0. The average molecular weight is 280 g/mol. The Kier molecular flexibility index (Phi) is 4.42. The Balaban J connectivity index is 2.18. The van der Waals surface area contributed by atoms with Crippen LogP contribution in [0.4, 0.5) is 4.39 Å². The van der Waals surface area contributed by atoms with E-state index in [0.717, 1.165) is 11.6 Å². The van der Waals surface area contributed by atoms with E-state index in [4.69, 9.17) is 26.4 Å². The SMILES string of the molecule is OB(O)c1cc(F)ccc1OCc1ccccc1Cl. The molecular formula is C13H11BClFO3. The van der Waals surface area contributed by atoms with Gasteiger partial charge in [-0.15, -0.1) is 0 Å². The van der Waals surface area contributed by atoms with E-state index < -0.39 is 12.9 Å². The second-order valence-corrected chi connectivity index (χ2v) is 4.34. The summed E-state index contributed by atoms with van der Waals surface area (Å²) in [6, 6.07) is 10.7. The van der Waals surface area contributed by atoms with Crippen molar-refractivity contribution in [3.63, 3.8) is 0 Å². The molecule has 0 aliphatic carbocycles. The Morgan fingerprint density at radius 2 is 1.89 bits per heavy atom.